The van der Waals surface area contributed by atoms with Crippen LogP contribution in [0.1, 0.15) is 15.2 Å². The van der Waals surface area contributed by atoms with E-state index in [-0.39, 0.29) is 11.4 Å². The number of benzene rings is 1. The largest absolute Gasteiger partial charge is 0.320 e. The molecule has 0 aliphatic carbocycles. The van der Waals surface area contributed by atoms with E-state index in [9.17, 15) is 18.0 Å². The quantitative estimate of drug-likeness (QED) is 0.662. The van der Waals surface area contributed by atoms with Gasteiger partial charge in [-0.05, 0) is 11.4 Å². The van der Waals surface area contributed by atoms with Crippen LogP contribution in [-0.4, -0.2) is 12.5 Å². The Morgan fingerprint density at radius 1 is 1.33 bits per heavy atom. The summed E-state index contributed by atoms with van der Waals surface area (Å²) in [4.78, 5) is 12.2. The lowest BCUT2D eigenvalue weighted by atomic mass is 10.2. The molecule has 3 N–H and O–H groups in total. The molecule has 3 nitrogen and oxygen atoms in total. The summed E-state index contributed by atoms with van der Waals surface area (Å²) in [5.74, 6) is 0.895. The number of nitrogens with one attached hydrogen (secondary N) is 1. The van der Waals surface area contributed by atoms with Crippen LogP contribution in [0.2, 0.25) is 0 Å². The molecule has 2 rings (SSSR count). The molecule has 0 bridgehead atoms. The molecule has 0 spiro atoms. The highest BCUT2D eigenvalue weighted by Gasteiger charge is 2.17. The Morgan fingerprint density at radius 3 is 2.81 bits per heavy atom. The molecule has 0 aliphatic rings. The number of hydrogen-bond acceptors (Lipinski definition) is 3. The van der Waals surface area contributed by atoms with Gasteiger partial charge in [0.1, 0.15) is 10.7 Å². The highest BCUT2D eigenvalue weighted by molar-refractivity contribution is 7.12. The molecule has 0 atom stereocenters. The molecule has 0 saturated heterocycles. The van der Waals surface area contributed by atoms with Gasteiger partial charge in [-0.2, -0.15) is 0 Å². The molecule has 1 aromatic carbocycles. The zero-order chi connectivity index (χ0) is 15.4. The first kappa shape index (κ1) is 15.1. The molecule has 7 heteroatoms. The van der Waals surface area contributed by atoms with Gasteiger partial charge in [-0.1, -0.05) is 11.8 Å². The number of nitrogens with two attached hydrogens (primary N) is 1. The van der Waals surface area contributed by atoms with Crippen LogP contribution in [0.15, 0.2) is 23.6 Å². The SMILES string of the molecule is NCC#Cc1ccsc1C(=O)Nc1cc(F)cc(F)c1F. The van der Waals surface area contributed by atoms with Crippen LogP contribution in [0.25, 0.3) is 0 Å². The third-order valence-electron chi connectivity index (χ3n) is 2.44. The van der Waals surface area contributed by atoms with Crippen molar-refractivity contribution in [2.75, 3.05) is 11.9 Å². The van der Waals surface area contributed by atoms with Crippen molar-refractivity contribution in [1.82, 2.24) is 0 Å². The third kappa shape index (κ3) is 3.42. The summed E-state index contributed by atoms with van der Waals surface area (Å²) in [7, 11) is 0. The molecule has 108 valence electrons. The summed E-state index contributed by atoms with van der Waals surface area (Å²) in [6.45, 7) is 0.126. The maximum absolute atomic E-state index is 13.5. The molecule has 0 unspecified atom stereocenters. The Bertz CT molecular complexity index is 746. The second-order valence-corrected chi connectivity index (χ2v) is 4.79. The third-order valence-corrected chi connectivity index (χ3v) is 3.35. The summed E-state index contributed by atoms with van der Waals surface area (Å²) in [5.41, 5.74) is 5.10. The predicted molar refractivity (Wildman–Crippen MR) is 74.5 cm³/mol. The minimum absolute atomic E-state index is 0.126. The van der Waals surface area contributed by atoms with Crippen molar-refractivity contribution in [3.8, 4) is 11.8 Å². The zero-order valence-corrected chi connectivity index (χ0v) is 11.4. The summed E-state index contributed by atoms with van der Waals surface area (Å²) >= 11 is 1.08. The van der Waals surface area contributed by atoms with Crippen molar-refractivity contribution in [2.24, 2.45) is 5.73 Å². The maximum atomic E-state index is 13.5. The van der Waals surface area contributed by atoms with Crippen LogP contribution >= 0.6 is 11.3 Å². The number of carbonyl (C=O) groups excluding carboxylic acids is 1. The van der Waals surface area contributed by atoms with Crippen molar-refractivity contribution < 1.29 is 18.0 Å². The monoisotopic (exact) mass is 310 g/mol. The topological polar surface area (TPSA) is 55.1 Å². The molecule has 0 radical (unpaired) electrons. The summed E-state index contributed by atoms with van der Waals surface area (Å²) in [5, 5.41) is 3.75. The first-order valence-corrected chi connectivity index (χ1v) is 6.63. The van der Waals surface area contributed by atoms with Gasteiger partial charge in [0, 0.05) is 17.7 Å². The molecule has 21 heavy (non-hydrogen) atoms. The van der Waals surface area contributed by atoms with Gasteiger partial charge in [-0.3, -0.25) is 4.79 Å². The van der Waals surface area contributed by atoms with Gasteiger partial charge in [0.2, 0.25) is 0 Å². The minimum atomic E-state index is -1.38. The van der Waals surface area contributed by atoms with E-state index in [1.165, 1.54) is 0 Å². The van der Waals surface area contributed by atoms with Crippen LogP contribution in [0.4, 0.5) is 18.9 Å². The molecule has 0 aliphatic heterocycles. The van der Waals surface area contributed by atoms with E-state index in [4.69, 9.17) is 5.73 Å². The molecule has 2 aromatic rings. The van der Waals surface area contributed by atoms with E-state index in [0.29, 0.717) is 17.7 Å². The number of rotatable bonds is 2. The van der Waals surface area contributed by atoms with Crippen molar-refractivity contribution in [1.29, 1.82) is 0 Å². The summed E-state index contributed by atoms with van der Waals surface area (Å²) in [6, 6.07) is 2.70. The normalized spacial score (nSPS) is 9.90. The number of anilines is 1. The van der Waals surface area contributed by atoms with Crippen LogP contribution < -0.4 is 11.1 Å². The first-order chi connectivity index (χ1) is 10.0. The van der Waals surface area contributed by atoms with E-state index in [2.05, 4.69) is 17.2 Å². The van der Waals surface area contributed by atoms with E-state index in [0.717, 1.165) is 11.3 Å². The highest BCUT2D eigenvalue weighted by Crippen LogP contribution is 2.22. The van der Waals surface area contributed by atoms with E-state index < -0.39 is 29.0 Å². The molecular formula is C14H9F3N2OS. The van der Waals surface area contributed by atoms with E-state index >= 15 is 0 Å². The Kier molecular flexibility index (Phi) is 4.62. The lowest BCUT2D eigenvalue weighted by molar-refractivity contribution is 0.103. The average molecular weight is 310 g/mol. The van der Waals surface area contributed by atoms with Crippen molar-refractivity contribution >= 4 is 22.9 Å². The van der Waals surface area contributed by atoms with Crippen molar-refractivity contribution in [3.05, 3.63) is 51.5 Å². The van der Waals surface area contributed by atoms with Gasteiger partial charge in [0.15, 0.2) is 11.6 Å². The second-order valence-electron chi connectivity index (χ2n) is 3.87. The van der Waals surface area contributed by atoms with Crippen LogP contribution in [0.5, 0.6) is 0 Å². The number of carbonyl (C=O) groups is 1. The minimum Gasteiger partial charge on any atom is -0.320 e. The molecule has 1 heterocycles. The van der Waals surface area contributed by atoms with Crippen LogP contribution in [0.3, 0.4) is 0 Å². The van der Waals surface area contributed by atoms with Crippen molar-refractivity contribution in [3.63, 3.8) is 0 Å². The Labute approximate surface area is 122 Å². The lowest BCUT2D eigenvalue weighted by Gasteiger charge is -2.06. The molecule has 1 amide bonds. The Morgan fingerprint density at radius 2 is 2.10 bits per heavy atom. The van der Waals surface area contributed by atoms with E-state index in [1.54, 1.807) is 11.4 Å². The molecule has 0 saturated carbocycles. The highest BCUT2D eigenvalue weighted by atomic mass is 32.1. The lowest BCUT2D eigenvalue weighted by Crippen LogP contribution is -2.13. The predicted octanol–water partition coefficient (Wildman–Crippen LogP) is 2.73. The van der Waals surface area contributed by atoms with Crippen molar-refractivity contribution in [2.45, 2.75) is 0 Å². The van der Waals surface area contributed by atoms with Gasteiger partial charge in [0.05, 0.1) is 12.2 Å². The van der Waals surface area contributed by atoms with E-state index in [1.807, 2.05) is 0 Å². The summed E-state index contributed by atoms with van der Waals surface area (Å²) < 4.78 is 39.6. The van der Waals surface area contributed by atoms with Crippen LogP contribution in [-0.2, 0) is 0 Å². The van der Waals surface area contributed by atoms with Gasteiger partial charge in [-0.15, -0.1) is 11.3 Å². The Balaban J connectivity index is 2.29. The number of halogens is 3. The number of hydrogen-bond donors (Lipinski definition) is 2. The van der Waals surface area contributed by atoms with Gasteiger partial charge in [-0.25, -0.2) is 13.2 Å². The number of thiophene rings is 1. The van der Waals surface area contributed by atoms with Crippen LogP contribution in [0, 0.1) is 29.3 Å². The maximum Gasteiger partial charge on any atom is 0.267 e. The molecule has 0 fully saturated rings. The first-order valence-electron chi connectivity index (χ1n) is 5.75. The van der Waals surface area contributed by atoms with Gasteiger partial charge < -0.3 is 11.1 Å². The fraction of sp³-hybridized carbons (Fsp3) is 0.0714. The fourth-order valence-electron chi connectivity index (χ4n) is 1.56. The zero-order valence-electron chi connectivity index (χ0n) is 10.5. The Hall–Kier alpha value is -2.30. The summed E-state index contributed by atoms with van der Waals surface area (Å²) in [6.07, 6.45) is 0. The standard InChI is InChI=1S/C14H9F3N2OS/c15-9-6-10(16)12(17)11(7-9)19-14(20)13-8(2-1-4-18)3-5-21-13/h3,5-7H,4,18H2,(H,19,20). The fourth-order valence-corrected chi connectivity index (χ4v) is 2.30. The molecule has 1 aromatic heterocycles. The second kappa shape index (κ2) is 6.43. The smallest absolute Gasteiger partial charge is 0.267 e. The van der Waals surface area contributed by atoms with Gasteiger partial charge in [0.25, 0.3) is 5.91 Å². The number of amides is 1. The average Bonchev–Trinajstić information content (AvgIpc) is 2.90. The van der Waals surface area contributed by atoms with Gasteiger partial charge >= 0.3 is 0 Å². The molecular weight excluding hydrogens is 301 g/mol.